The van der Waals surface area contributed by atoms with Gasteiger partial charge in [0, 0.05) is 24.7 Å². The van der Waals surface area contributed by atoms with Crippen molar-refractivity contribution in [1.29, 1.82) is 0 Å². The van der Waals surface area contributed by atoms with Gasteiger partial charge in [-0.3, -0.25) is 10.1 Å². The first kappa shape index (κ1) is 7.24. The number of rotatable bonds is 2. The summed E-state index contributed by atoms with van der Waals surface area (Å²) in [4.78, 5) is 9.90. The largest absolute Gasteiger partial charge is 0.307 e. The van der Waals surface area contributed by atoms with E-state index in [1.807, 2.05) is 0 Å². The summed E-state index contributed by atoms with van der Waals surface area (Å²) in [7, 11) is 0. The van der Waals surface area contributed by atoms with Crippen LogP contribution in [0.4, 0.5) is 5.69 Å². The molecule has 1 atom stereocenters. The van der Waals surface area contributed by atoms with Crippen LogP contribution in [0, 0.1) is 10.1 Å². The number of nitrogens with one attached hydrogen (secondary N) is 1. The van der Waals surface area contributed by atoms with E-state index < -0.39 is 0 Å². The van der Waals surface area contributed by atoms with Gasteiger partial charge in [0.2, 0.25) is 0 Å². The fourth-order valence-corrected chi connectivity index (χ4v) is 1.12. The highest BCUT2D eigenvalue weighted by molar-refractivity contribution is 5.35. The summed E-state index contributed by atoms with van der Waals surface area (Å²) in [5, 5.41) is 13.4. The average molecular weight is 164 g/mol. The van der Waals surface area contributed by atoms with Gasteiger partial charge in [0.1, 0.15) is 0 Å². The highest BCUT2D eigenvalue weighted by Crippen LogP contribution is 2.23. The number of hydrogen-bond acceptors (Lipinski definition) is 3. The van der Waals surface area contributed by atoms with Crippen molar-refractivity contribution in [2.75, 3.05) is 6.54 Å². The molecule has 1 saturated heterocycles. The monoisotopic (exact) mass is 164 g/mol. The predicted octanol–water partition coefficient (Wildman–Crippen LogP) is 1.24. The molecular formula is C8H8N2O2. The Kier molecular flexibility index (Phi) is 1.55. The molecule has 1 heterocycles. The Bertz CT molecular complexity index is 303. The van der Waals surface area contributed by atoms with Gasteiger partial charge in [-0.1, -0.05) is 12.1 Å². The minimum absolute atomic E-state index is 0.152. The molecule has 1 N–H and O–H groups in total. The molecule has 1 aromatic rings. The van der Waals surface area contributed by atoms with Gasteiger partial charge in [-0.05, 0) is 5.56 Å². The predicted molar refractivity (Wildman–Crippen MR) is 43.8 cm³/mol. The standard InChI is InChI=1S/C8H8N2O2/c11-10(12)7-3-1-6(2-4-7)8-5-9-8/h1-4,8-9H,5H2. The zero-order chi connectivity index (χ0) is 8.55. The van der Waals surface area contributed by atoms with Crippen LogP contribution in [0.1, 0.15) is 11.6 Å². The van der Waals surface area contributed by atoms with Crippen LogP contribution in [-0.4, -0.2) is 11.5 Å². The highest BCUT2D eigenvalue weighted by Gasteiger charge is 2.22. The first-order valence-electron chi connectivity index (χ1n) is 3.75. The molecule has 4 nitrogen and oxygen atoms in total. The van der Waals surface area contributed by atoms with Crippen LogP contribution < -0.4 is 5.32 Å². The first-order chi connectivity index (χ1) is 5.77. The topological polar surface area (TPSA) is 65.1 Å². The highest BCUT2D eigenvalue weighted by atomic mass is 16.6. The summed E-state index contributed by atoms with van der Waals surface area (Å²) in [5.41, 5.74) is 1.28. The molecule has 0 saturated carbocycles. The van der Waals surface area contributed by atoms with Gasteiger partial charge < -0.3 is 5.32 Å². The molecule has 1 aromatic carbocycles. The van der Waals surface area contributed by atoms with Crippen LogP contribution in [0.5, 0.6) is 0 Å². The van der Waals surface area contributed by atoms with Crippen molar-refractivity contribution in [1.82, 2.24) is 5.32 Å². The summed E-state index contributed by atoms with van der Waals surface area (Å²) in [5.74, 6) is 0. The Morgan fingerprint density at radius 1 is 1.42 bits per heavy atom. The van der Waals surface area contributed by atoms with Crippen molar-refractivity contribution in [3.63, 3.8) is 0 Å². The summed E-state index contributed by atoms with van der Waals surface area (Å²) >= 11 is 0. The van der Waals surface area contributed by atoms with Gasteiger partial charge in [-0.25, -0.2) is 0 Å². The molecule has 1 fully saturated rings. The molecular weight excluding hydrogens is 156 g/mol. The molecule has 0 spiro atoms. The molecule has 62 valence electrons. The van der Waals surface area contributed by atoms with E-state index in [0.29, 0.717) is 6.04 Å². The van der Waals surface area contributed by atoms with Crippen molar-refractivity contribution in [2.24, 2.45) is 0 Å². The van der Waals surface area contributed by atoms with Crippen molar-refractivity contribution in [3.05, 3.63) is 39.9 Å². The maximum atomic E-state index is 10.3. The van der Waals surface area contributed by atoms with E-state index in [1.165, 1.54) is 12.1 Å². The summed E-state index contributed by atoms with van der Waals surface area (Å²) < 4.78 is 0. The third-order valence-corrected chi connectivity index (χ3v) is 1.91. The Balaban J connectivity index is 2.24. The Labute approximate surface area is 69.4 Å². The Morgan fingerprint density at radius 2 is 2.00 bits per heavy atom. The quantitative estimate of drug-likeness (QED) is 0.406. The van der Waals surface area contributed by atoms with Gasteiger partial charge >= 0.3 is 0 Å². The maximum Gasteiger partial charge on any atom is 0.269 e. The summed E-state index contributed by atoms with van der Waals surface area (Å²) in [6.07, 6.45) is 0. The molecule has 0 radical (unpaired) electrons. The zero-order valence-corrected chi connectivity index (χ0v) is 6.36. The molecule has 1 unspecified atom stereocenters. The smallest absolute Gasteiger partial charge is 0.269 e. The molecule has 0 aromatic heterocycles. The SMILES string of the molecule is O=[N+]([O-])c1ccc(C2CN2)cc1. The molecule has 0 amide bonds. The first-order valence-corrected chi connectivity index (χ1v) is 3.75. The number of non-ortho nitro benzene ring substituents is 1. The number of benzene rings is 1. The fraction of sp³-hybridized carbons (Fsp3) is 0.250. The second kappa shape index (κ2) is 2.57. The number of hydrogen-bond donors (Lipinski definition) is 1. The van der Waals surface area contributed by atoms with E-state index in [4.69, 9.17) is 0 Å². The molecule has 1 aliphatic rings. The summed E-state index contributed by atoms with van der Waals surface area (Å²) in [6, 6.07) is 7.09. The molecule has 12 heavy (non-hydrogen) atoms. The van der Waals surface area contributed by atoms with Crippen LogP contribution in [0.15, 0.2) is 24.3 Å². The number of nitro groups is 1. The van der Waals surface area contributed by atoms with Crippen LogP contribution in [0.25, 0.3) is 0 Å². The summed E-state index contributed by atoms with van der Waals surface area (Å²) in [6.45, 7) is 0.984. The second-order valence-corrected chi connectivity index (χ2v) is 2.81. The minimum Gasteiger partial charge on any atom is -0.307 e. The van der Waals surface area contributed by atoms with E-state index in [2.05, 4.69) is 5.32 Å². The lowest BCUT2D eigenvalue weighted by Crippen LogP contribution is -1.89. The van der Waals surface area contributed by atoms with Crippen LogP contribution in [-0.2, 0) is 0 Å². The normalized spacial score (nSPS) is 20.5. The zero-order valence-electron chi connectivity index (χ0n) is 6.36. The minimum atomic E-state index is -0.385. The van der Waals surface area contributed by atoms with Crippen molar-refractivity contribution in [3.8, 4) is 0 Å². The number of nitro benzene ring substituents is 1. The Morgan fingerprint density at radius 3 is 2.42 bits per heavy atom. The second-order valence-electron chi connectivity index (χ2n) is 2.81. The third-order valence-electron chi connectivity index (χ3n) is 1.91. The lowest BCUT2D eigenvalue weighted by Gasteiger charge is -1.94. The van der Waals surface area contributed by atoms with Gasteiger partial charge in [0.05, 0.1) is 4.92 Å². The van der Waals surface area contributed by atoms with Crippen molar-refractivity contribution in [2.45, 2.75) is 6.04 Å². The molecule has 0 bridgehead atoms. The number of nitrogens with zero attached hydrogens (tertiary/aromatic N) is 1. The van der Waals surface area contributed by atoms with E-state index in [1.54, 1.807) is 12.1 Å². The molecule has 0 aliphatic carbocycles. The average Bonchev–Trinajstić information content (AvgIpc) is 2.87. The van der Waals surface area contributed by atoms with Gasteiger partial charge in [0.25, 0.3) is 5.69 Å². The van der Waals surface area contributed by atoms with Crippen molar-refractivity contribution < 1.29 is 4.92 Å². The van der Waals surface area contributed by atoms with E-state index in [0.717, 1.165) is 12.1 Å². The Hall–Kier alpha value is -1.42. The lowest BCUT2D eigenvalue weighted by molar-refractivity contribution is -0.384. The van der Waals surface area contributed by atoms with Crippen LogP contribution in [0.3, 0.4) is 0 Å². The fourth-order valence-electron chi connectivity index (χ4n) is 1.12. The van der Waals surface area contributed by atoms with Gasteiger partial charge in [0.15, 0.2) is 0 Å². The van der Waals surface area contributed by atoms with Crippen LogP contribution in [0.2, 0.25) is 0 Å². The van der Waals surface area contributed by atoms with Crippen molar-refractivity contribution >= 4 is 5.69 Å². The molecule has 2 rings (SSSR count). The van der Waals surface area contributed by atoms with Crippen LogP contribution >= 0.6 is 0 Å². The lowest BCUT2D eigenvalue weighted by atomic mass is 10.1. The van der Waals surface area contributed by atoms with E-state index >= 15 is 0 Å². The van der Waals surface area contributed by atoms with E-state index in [-0.39, 0.29) is 10.6 Å². The maximum absolute atomic E-state index is 10.3. The van der Waals surface area contributed by atoms with Gasteiger partial charge in [-0.2, -0.15) is 0 Å². The third kappa shape index (κ3) is 1.29. The van der Waals surface area contributed by atoms with E-state index in [9.17, 15) is 10.1 Å². The molecule has 4 heteroatoms. The molecule has 1 aliphatic heterocycles. The van der Waals surface area contributed by atoms with Gasteiger partial charge in [-0.15, -0.1) is 0 Å².